The Labute approximate surface area is 202 Å². The molecule has 168 valence electrons. The molecule has 3 aromatic carbocycles. The van der Waals surface area contributed by atoms with Gasteiger partial charge in [0.05, 0.1) is 16.7 Å². The monoisotopic (exact) mass is 559 g/mol. The van der Waals surface area contributed by atoms with E-state index in [2.05, 4.69) is 33.1 Å². The predicted octanol–water partition coefficient (Wildman–Crippen LogP) is 4.34. The lowest BCUT2D eigenvalue weighted by Gasteiger charge is -2.12. The van der Waals surface area contributed by atoms with Crippen molar-refractivity contribution < 1.29 is 24.0 Å². The first kappa shape index (κ1) is 23.9. The van der Waals surface area contributed by atoms with Gasteiger partial charge in [0, 0.05) is 15.7 Å². The Kier molecular flexibility index (Phi) is 8.08. The van der Waals surface area contributed by atoms with Crippen LogP contribution < -0.4 is 14.9 Å². The molecule has 0 radical (unpaired) electrons. The number of nitro benzene ring substituents is 1. The second kappa shape index (κ2) is 11.2. The van der Waals surface area contributed by atoms with Gasteiger partial charge in [0.1, 0.15) is 11.5 Å². The summed E-state index contributed by atoms with van der Waals surface area (Å²) < 4.78 is 11.6. The van der Waals surface area contributed by atoms with Gasteiger partial charge in [-0.25, -0.2) is 10.2 Å². The number of nitrogens with zero attached hydrogens (tertiary/aromatic N) is 2. The van der Waals surface area contributed by atoms with E-state index < -0.39 is 22.9 Å². The minimum atomic E-state index is -0.869. The van der Waals surface area contributed by atoms with Crippen molar-refractivity contribution in [2.45, 2.75) is 13.0 Å². The first-order valence-corrected chi connectivity index (χ1v) is 10.7. The topological polar surface area (TPSA) is 120 Å². The fraction of sp³-hybridized carbons (Fsp3) is 0.0870. The van der Waals surface area contributed by atoms with Crippen molar-refractivity contribution in [3.05, 3.63) is 97.6 Å². The lowest BCUT2D eigenvalue weighted by atomic mass is 10.2. The van der Waals surface area contributed by atoms with Gasteiger partial charge in [-0.1, -0.05) is 12.1 Å². The van der Waals surface area contributed by atoms with Crippen molar-refractivity contribution in [3.63, 3.8) is 0 Å². The number of carbonyl (C=O) groups is 2. The van der Waals surface area contributed by atoms with Crippen LogP contribution >= 0.6 is 22.6 Å². The maximum atomic E-state index is 12.3. The third-order valence-electron chi connectivity index (χ3n) is 4.30. The molecule has 0 aliphatic rings. The number of hydrazone groups is 1. The van der Waals surface area contributed by atoms with Crippen LogP contribution in [0.25, 0.3) is 0 Å². The predicted molar refractivity (Wildman–Crippen MR) is 129 cm³/mol. The number of rotatable bonds is 8. The van der Waals surface area contributed by atoms with Crippen LogP contribution in [0.2, 0.25) is 0 Å². The van der Waals surface area contributed by atoms with Gasteiger partial charge in [0.15, 0.2) is 6.10 Å². The second-order valence-electron chi connectivity index (χ2n) is 6.68. The Balaban J connectivity index is 1.50. The van der Waals surface area contributed by atoms with Crippen LogP contribution in [0.3, 0.4) is 0 Å². The normalized spacial score (nSPS) is 11.6. The molecule has 9 nitrogen and oxygen atoms in total. The van der Waals surface area contributed by atoms with E-state index in [0.717, 1.165) is 3.57 Å². The first-order chi connectivity index (χ1) is 15.8. The first-order valence-electron chi connectivity index (χ1n) is 9.64. The molecule has 0 bridgehead atoms. The molecule has 0 aliphatic heterocycles. The van der Waals surface area contributed by atoms with Crippen LogP contribution in [-0.2, 0) is 4.79 Å². The van der Waals surface area contributed by atoms with Gasteiger partial charge in [0.2, 0.25) is 0 Å². The van der Waals surface area contributed by atoms with E-state index in [-0.39, 0.29) is 5.69 Å². The SMILES string of the molecule is C[C@@H](Oc1ccc([N+](=O)[O-])cc1)C(=O)N/N=C\c1ccc(OC(=O)c2ccccc2I)cc1. The molecule has 0 heterocycles. The van der Waals surface area contributed by atoms with Crippen molar-refractivity contribution in [3.8, 4) is 11.5 Å². The molecule has 1 atom stereocenters. The fourth-order valence-electron chi connectivity index (χ4n) is 2.58. The van der Waals surface area contributed by atoms with Crippen molar-refractivity contribution in [1.82, 2.24) is 5.43 Å². The van der Waals surface area contributed by atoms with Crippen LogP contribution in [-0.4, -0.2) is 29.1 Å². The van der Waals surface area contributed by atoms with Gasteiger partial charge in [0.25, 0.3) is 11.6 Å². The van der Waals surface area contributed by atoms with E-state index in [1.165, 1.54) is 37.4 Å². The maximum absolute atomic E-state index is 12.3. The van der Waals surface area contributed by atoms with Crippen LogP contribution in [0.5, 0.6) is 11.5 Å². The molecule has 0 spiro atoms. The number of carbonyl (C=O) groups excluding carboxylic acids is 2. The van der Waals surface area contributed by atoms with Gasteiger partial charge < -0.3 is 9.47 Å². The highest BCUT2D eigenvalue weighted by atomic mass is 127. The number of halogens is 1. The standard InChI is InChI=1S/C23H18IN3O6/c1-15(32-18-12-8-17(9-13-18)27(30)31)22(28)26-25-14-16-6-10-19(11-7-16)33-23(29)20-4-2-3-5-21(20)24/h2-15H,1H3,(H,26,28)/b25-14-/t15-/m1/s1. The highest BCUT2D eigenvalue weighted by molar-refractivity contribution is 14.1. The van der Waals surface area contributed by atoms with Gasteiger partial charge >= 0.3 is 5.97 Å². The Morgan fingerprint density at radius 2 is 1.67 bits per heavy atom. The zero-order valence-electron chi connectivity index (χ0n) is 17.3. The van der Waals surface area contributed by atoms with Gasteiger partial charge in [-0.3, -0.25) is 14.9 Å². The average molecular weight is 559 g/mol. The molecule has 0 unspecified atom stereocenters. The molecule has 33 heavy (non-hydrogen) atoms. The quantitative estimate of drug-likeness (QED) is 0.110. The average Bonchev–Trinajstić information content (AvgIpc) is 2.80. The third-order valence-corrected chi connectivity index (χ3v) is 5.24. The number of hydrogen-bond donors (Lipinski definition) is 1. The van der Waals surface area contributed by atoms with Gasteiger partial charge in [-0.2, -0.15) is 5.10 Å². The zero-order valence-corrected chi connectivity index (χ0v) is 19.5. The number of esters is 1. The number of hydrogen-bond acceptors (Lipinski definition) is 7. The molecule has 3 rings (SSSR count). The summed E-state index contributed by atoms with van der Waals surface area (Å²) in [4.78, 5) is 34.6. The molecule has 10 heteroatoms. The van der Waals surface area contributed by atoms with Crippen molar-refractivity contribution in [1.29, 1.82) is 0 Å². The summed E-state index contributed by atoms with van der Waals surface area (Å²) in [5.41, 5.74) is 3.45. The summed E-state index contributed by atoms with van der Waals surface area (Å²) >= 11 is 2.07. The van der Waals surface area contributed by atoms with E-state index in [9.17, 15) is 19.7 Å². The summed E-state index contributed by atoms with van der Waals surface area (Å²) in [5.74, 6) is -0.239. The minimum absolute atomic E-state index is 0.0698. The molecule has 3 aromatic rings. The summed E-state index contributed by atoms with van der Waals surface area (Å²) in [5, 5.41) is 14.6. The molecular formula is C23H18IN3O6. The maximum Gasteiger partial charge on any atom is 0.344 e. The third kappa shape index (κ3) is 6.84. The number of benzene rings is 3. The lowest BCUT2D eigenvalue weighted by Crippen LogP contribution is -2.33. The van der Waals surface area contributed by atoms with E-state index in [4.69, 9.17) is 9.47 Å². The van der Waals surface area contributed by atoms with Crippen LogP contribution in [0.15, 0.2) is 77.9 Å². The Hall–Kier alpha value is -3.80. The smallest absolute Gasteiger partial charge is 0.344 e. The van der Waals surface area contributed by atoms with Gasteiger partial charge in [-0.15, -0.1) is 0 Å². The summed E-state index contributed by atoms with van der Waals surface area (Å²) in [7, 11) is 0. The number of nitrogens with one attached hydrogen (secondary N) is 1. The largest absolute Gasteiger partial charge is 0.481 e. The minimum Gasteiger partial charge on any atom is -0.481 e. The zero-order chi connectivity index (χ0) is 23.8. The summed E-state index contributed by atoms with van der Waals surface area (Å²) in [6, 6.07) is 19.2. The molecule has 0 aliphatic carbocycles. The van der Waals surface area contributed by atoms with Crippen LogP contribution in [0, 0.1) is 13.7 Å². The Bertz CT molecular complexity index is 1180. The number of non-ortho nitro benzene ring substituents is 1. The van der Waals surface area contributed by atoms with E-state index in [1.807, 2.05) is 12.1 Å². The number of nitro groups is 1. The molecule has 0 aromatic heterocycles. The molecule has 0 saturated carbocycles. The summed E-state index contributed by atoms with van der Waals surface area (Å²) in [6.07, 6.45) is 0.563. The number of amides is 1. The molecule has 1 N–H and O–H groups in total. The number of ether oxygens (including phenoxy) is 2. The van der Waals surface area contributed by atoms with Crippen molar-refractivity contribution in [2.75, 3.05) is 0 Å². The van der Waals surface area contributed by atoms with E-state index in [1.54, 1.807) is 36.4 Å². The van der Waals surface area contributed by atoms with E-state index in [0.29, 0.717) is 22.6 Å². The fourth-order valence-corrected chi connectivity index (χ4v) is 3.18. The Morgan fingerprint density at radius 1 is 1.03 bits per heavy atom. The molecule has 0 fully saturated rings. The highest BCUT2D eigenvalue weighted by Gasteiger charge is 2.15. The highest BCUT2D eigenvalue weighted by Crippen LogP contribution is 2.19. The molecule has 0 saturated heterocycles. The van der Waals surface area contributed by atoms with Crippen LogP contribution in [0.4, 0.5) is 5.69 Å². The van der Waals surface area contributed by atoms with Crippen molar-refractivity contribution >= 4 is 46.4 Å². The second-order valence-corrected chi connectivity index (χ2v) is 7.85. The molecule has 1 amide bonds. The summed E-state index contributed by atoms with van der Waals surface area (Å²) in [6.45, 7) is 1.53. The Morgan fingerprint density at radius 3 is 2.30 bits per heavy atom. The molecular weight excluding hydrogens is 541 g/mol. The van der Waals surface area contributed by atoms with Gasteiger partial charge in [-0.05, 0) is 83.6 Å². The van der Waals surface area contributed by atoms with E-state index >= 15 is 0 Å². The van der Waals surface area contributed by atoms with Crippen molar-refractivity contribution in [2.24, 2.45) is 5.10 Å². The lowest BCUT2D eigenvalue weighted by molar-refractivity contribution is -0.384. The van der Waals surface area contributed by atoms with Crippen LogP contribution in [0.1, 0.15) is 22.8 Å².